The van der Waals surface area contributed by atoms with Crippen LogP contribution in [0.4, 0.5) is 18.9 Å². The number of halogens is 3. The first-order chi connectivity index (χ1) is 9.76. The number of carbonyl (C=O) groups is 1. The van der Waals surface area contributed by atoms with E-state index in [9.17, 15) is 18.0 Å². The van der Waals surface area contributed by atoms with Crippen molar-refractivity contribution in [3.8, 4) is 11.4 Å². The zero-order valence-electron chi connectivity index (χ0n) is 11.4. The fourth-order valence-corrected chi connectivity index (χ4v) is 1.78. The topological polar surface area (TPSA) is 59.8 Å². The monoisotopic (exact) mass is 298 g/mol. The maximum Gasteiger partial charge on any atom is 0.397 e. The number of amides is 1. The van der Waals surface area contributed by atoms with E-state index in [1.807, 2.05) is 0 Å². The Morgan fingerprint density at radius 3 is 2.62 bits per heavy atom. The van der Waals surface area contributed by atoms with Gasteiger partial charge in [-0.05, 0) is 19.1 Å². The minimum absolute atomic E-state index is 0.280. The maximum absolute atomic E-state index is 12.1. The molecule has 0 aliphatic heterocycles. The molecular formula is C13H13F3N4O. The van der Waals surface area contributed by atoms with Crippen molar-refractivity contribution >= 4 is 11.6 Å². The second kappa shape index (κ2) is 5.55. The first kappa shape index (κ1) is 15.0. The third-order valence-electron chi connectivity index (χ3n) is 2.86. The zero-order chi connectivity index (χ0) is 15.6. The number of hydrogen-bond acceptors (Lipinski definition) is 3. The van der Waals surface area contributed by atoms with E-state index in [-0.39, 0.29) is 5.69 Å². The summed E-state index contributed by atoms with van der Waals surface area (Å²) in [7, 11) is 1.78. The quantitative estimate of drug-likeness (QED) is 0.947. The Kier molecular flexibility index (Phi) is 3.97. The molecule has 1 amide bonds. The molecule has 1 N–H and O–H groups in total. The van der Waals surface area contributed by atoms with Crippen LogP contribution in [0, 0.1) is 6.92 Å². The van der Waals surface area contributed by atoms with Crippen molar-refractivity contribution in [2.24, 2.45) is 7.05 Å². The van der Waals surface area contributed by atoms with Crippen LogP contribution in [0.25, 0.3) is 11.4 Å². The van der Waals surface area contributed by atoms with Gasteiger partial charge in [0.25, 0.3) is 0 Å². The van der Waals surface area contributed by atoms with Crippen LogP contribution in [0.3, 0.4) is 0 Å². The summed E-state index contributed by atoms with van der Waals surface area (Å²) in [5, 5.41) is 10.1. The Bertz CT molecular complexity index is 664. The molecule has 5 nitrogen and oxygen atoms in total. The average molecular weight is 298 g/mol. The Morgan fingerprint density at radius 1 is 1.33 bits per heavy atom. The van der Waals surface area contributed by atoms with E-state index in [1.165, 1.54) is 6.07 Å². The smallest absolute Gasteiger partial charge is 0.326 e. The van der Waals surface area contributed by atoms with Gasteiger partial charge in [-0.2, -0.15) is 13.2 Å². The van der Waals surface area contributed by atoms with Crippen LogP contribution in [0.15, 0.2) is 24.3 Å². The molecule has 2 rings (SSSR count). The van der Waals surface area contributed by atoms with Crippen LogP contribution >= 0.6 is 0 Å². The summed E-state index contributed by atoms with van der Waals surface area (Å²) in [6.07, 6.45) is -6.04. The number of rotatable bonds is 3. The molecular weight excluding hydrogens is 285 g/mol. The third kappa shape index (κ3) is 3.80. The van der Waals surface area contributed by atoms with E-state index in [0.29, 0.717) is 17.2 Å². The predicted octanol–water partition coefficient (Wildman–Crippen LogP) is 2.68. The zero-order valence-corrected chi connectivity index (χ0v) is 11.4. The summed E-state index contributed by atoms with van der Waals surface area (Å²) in [6.45, 7) is 1.78. The fourth-order valence-electron chi connectivity index (χ4n) is 1.78. The van der Waals surface area contributed by atoms with Crippen LogP contribution in [0.5, 0.6) is 0 Å². The second-order valence-corrected chi connectivity index (χ2v) is 4.55. The van der Waals surface area contributed by atoms with E-state index in [1.54, 1.807) is 36.7 Å². The summed E-state index contributed by atoms with van der Waals surface area (Å²) in [5.41, 5.74) is 0.935. The number of aromatic nitrogens is 3. The Labute approximate surface area is 118 Å². The van der Waals surface area contributed by atoms with Crippen LogP contribution in [-0.2, 0) is 11.8 Å². The number of aryl methyl sites for hydroxylation is 1. The molecule has 2 aromatic rings. The predicted molar refractivity (Wildman–Crippen MR) is 70.5 cm³/mol. The number of alkyl halides is 3. The van der Waals surface area contributed by atoms with Gasteiger partial charge in [0.2, 0.25) is 5.91 Å². The largest absolute Gasteiger partial charge is 0.397 e. The highest BCUT2D eigenvalue weighted by Gasteiger charge is 2.31. The van der Waals surface area contributed by atoms with Crippen molar-refractivity contribution in [1.29, 1.82) is 0 Å². The lowest BCUT2D eigenvalue weighted by molar-refractivity contribution is -0.150. The SMILES string of the molecule is Cc1nnc(-c2cccc(NC(=O)CC(F)(F)F)c2)n1C. The summed E-state index contributed by atoms with van der Waals surface area (Å²) in [5.74, 6) is 0.171. The van der Waals surface area contributed by atoms with Gasteiger partial charge < -0.3 is 9.88 Å². The molecule has 0 aliphatic rings. The van der Waals surface area contributed by atoms with E-state index >= 15 is 0 Å². The molecule has 0 atom stereocenters. The van der Waals surface area contributed by atoms with Gasteiger partial charge in [-0.1, -0.05) is 12.1 Å². The summed E-state index contributed by atoms with van der Waals surface area (Å²) in [4.78, 5) is 11.3. The molecule has 0 saturated carbocycles. The molecule has 0 unspecified atom stereocenters. The van der Waals surface area contributed by atoms with E-state index in [2.05, 4.69) is 15.5 Å². The third-order valence-corrected chi connectivity index (χ3v) is 2.86. The second-order valence-electron chi connectivity index (χ2n) is 4.55. The first-order valence-corrected chi connectivity index (χ1v) is 6.09. The van der Waals surface area contributed by atoms with Crippen molar-refractivity contribution < 1.29 is 18.0 Å². The molecule has 8 heteroatoms. The number of nitrogens with one attached hydrogen (secondary N) is 1. The van der Waals surface area contributed by atoms with Gasteiger partial charge in [0, 0.05) is 18.3 Å². The van der Waals surface area contributed by atoms with Crippen LogP contribution in [0.1, 0.15) is 12.2 Å². The van der Waals surface area contributed by atoms with E-state index in [0.717, 1.165) is 0 Å². The molecule has 1 aromatic heterocycles. The minimum atomic E-state index is -4.53. The lowest BCUT2D eigenvalue weighted by atomic mass is 10.2. The van der Waals surface area contributed by atoms with Crippen LogP contribution < -0.4 is 5.32 Å². The first-order valence-electron chi connectivity index (χ1n) is 6.09. The van der Waals surface area contributed by atoms with Crippen molar-refractivity contribution in [3.05, 3.63) is 30.1 Å². The molecule has 0 saturated heterocycles. The number of carbonyl (C=O) groups excluding carboxylic acids is 1. The molecule has 1 aromatic carbocycles. The van der Waals surface area contributed by atoms with Crippen LogP contribution in [-0.4, -0.2) is 26.8 Å². The Hall–Kier alpha value is -2.38. The number of benzene rings is 1. The molecule has 0 aliphatic carbocycles. The number of anilines is 1. The summed E-state index contributed by atoms with van der Waals surface area (Å²) >= 11 is 0. The Morgan fingerprint density at radius 2 is 2.05 bits per heavy atom. The molecule has 0 radical (unpaired) electrons. The Balaban J connectivity index is 2.19. The highest BCUT2D eigenvalue weighted by atomic mass is 19.4. The number of hydrogen-bond donors (Lipinski definition) is 1. The summed E-state index contributed by atoms with van der Waals surface area (Å²) < 4.78 is 38.1. The lowest BCUT2D eigenvalue weighted by Crippen LogP contribution is -2.21. The molecule has 1 heterocycles. The summed E-state index contributed by atoms with van der Waals surface area (Å²) in [6, 6.07) is 6.43. The van der Waals surface area contributed by atoms with Crippen molar-refractivity contribution in [2.75, 3.05) is 5.32 Å². The van der Waals surface area contributed by atoms with Gasteiger partial charge in [0.15, 0.2) is 5.82 Å². The van der Waals surface area contributed by atoms with Crippen molar-refractivity contribution in [1.82, 2.24) is 14.8 Å². The molecule has 0 fully saturated rings. The molecule has 21 heavy (non-hydrogen) atoms. The van der Waals surface area contributed by atoms with Crippen molar-refractivity contribution in [3.63, 3.8) is 0 Å². The lowest BCUT2D eigenvalue weighted by Gasteiger charge is -2.09. The van der Waals surface area contributed by atoms with Crippen LogP contribution in [0.2, 0.25) is 0 Å². The van der Waals surface area contributed by atoms with E-state index < -0.39 is 18.5 Å². The van der Waals surface area contributed by atoms with Crippen molar-refractivity contribution in [2.45, 2.75) is 19.5 Å². The standard InChI is InChI=1S/C13H13F3N4O/c1-8-18-19-12(20(8)2)9-4-3-5-10(6-9)17-11(21)7-13(14,15)16/h3-6H,7H2,1-2H3,(H,17,21). The molecule has 0 spiro atoms. The van der Waals surface area contributed by atoms with E-state index in [4.69, 9.17) is 0 Å². The van der Waals surface area contributed by atoms with Gasteiger partial charge >= 0.3 is 6.18 Å². The van der Waals surface area contributed by atoms with Gasteiger partial charge in [-0.3, -0.25) is 4.79 Å². The maximum atomic E-state index is 12.1. The minimum Gasteiger partial charge on any atom is -0.326 e. The van der Waals surface area contributed by atoms with Gasteiger partial charge in [0.1, 0.15) is 12.2 Å². The molecule has 112 valence electrons. The highest BCUT2D eigenvalue weighted by Crippen LogP contribution is 2.23. The number of nitrogens with zero attached hydrogens (tertiary/aromatic N) is 3. The fraction of sp³-hybridized carbons (Fsp3) is 0.308. The highest BCUT2D eigenvalue weighted by molar-refractivity contribution is 5.91. The van der Waals surface area contributed by atoms with Gasteiger partial charge in [0.05, 0.1) is 0 Å². The average Bonchev–Trinajstić information content (AvgIpc) is 2.68. The normalized spacial score (nSPS) is 11.5. The molecule has 0 bridgehead atoms. The van der Waals surface area contributed by atoms with Gasteiger partial charge in [-0.25, -0.2) is 0 Å². The van der Waals surface area contributed by atoms with Gasteiger partial charge in [-0.15, -0.1) is 10.2 Å².